The third-order valence-corrected chi connectivity index (χ3v) is 3.51. The van der Waals surface area contributed by atoms with Crippen molar-refractivity contribution >= 4 is 0 Å². The minimum atomic E-state index is 0.322. The SMILES string of the molecule is C=C(N=NCc1ccccn1)C(=C)N=NC(C)=C(C)N=NCc1ccccn1. The number of hydrogen-bond donors (Lipinski definition) is 0. The van der Waals surface area contributed by atoms with Crippen molar-refractivity contribution in [3.63, 3.8) is 0 Å². The summed E-state index contributed by atoms with van der Waals surface area (Å²) >= 11 is 0. The van der Waals surface area contributed by atoms with Crippen molar-refractivity contribution in [2.75, 3.05) is 0 Å². The Kier molecular flexibility index (Phi) is 8.19. The fraction of sp³-hybridized carbons (Fsp3) is 0.200. The topological polar surface area (TPSA) is 99.9 Å². The Hall–Kier alpha value is -3.68. The third kappa shape index (κ3) is 7.28. The zero-order valence-corrected chi connectivity index (χ0v) is 16.0. The van der Waals surface area contributed by atoms with Crippen molar-refractivity contribution in [1.29, 1.82) is 0 Å². The second-order valence-electron chi connectivity index (χ2n) is 5.71. The average molecular weight is 374 g/mol. The Labute approximate surface area is 164 Å². The average Bonchev–Trinajstić information content (AvgIpc) is 2.73. The molecule has 0 saturated carbocycles. The highest BCUT2D eigenvalue weighted by Crippen LogP contribution is 2.14. The lowest BCUT2D eigenvalue weighted by molar-refractivity contribution is 0.876. The Morgan fingerprint density at radius 2 is 1.21 bits per heavy atom. The van der Waals surface area contributed by atoms with Crippen LogP contribution in [0.1, 0.15) is 25.2 Å². The molecule has 0 amide bonds. The Bertz CT molecular complexity index is 912. The normalized spacial score (nSPS) is 12.6. The van der Waals surface area contributed by atoms with Gasteiger partial charge in [0, 0.05) is 12.4 Å². The predicted molar refractivity (Wildman–Crippen MR) is 107 cm³/mol. The molecule has 0 aliphatic heterocycles. The molecule has 8 nitrogen and oxygen atoms in total. The van der Waals surface area contributed by atoms with Gasteiger partial charge in [-0.2, -0.15) is 25.6 Å². The molecule has 0 saturated heterocycles. The number of rotatable bonds is 9. The molecule has 2 aromatic rings. The Morgan fingerprint density at radius 3 is 1.75 bits per heavy atom. The monoisotopic (exact) mass is 374 g/mol. The number of pyridine rings is 2. The van der Waals surface area contributed by atoms with Gasteiger partial charge in [0.1, 0.15) is 24.5 Å². The molecule has 0 unspecified atom stereocenters. The molecule has 0 spiro atoms. The van der Waals surface area contributed by atoms with Gasteiger partial charge in [0.05, 0.1) is 22.8 Å². The molecule has 0 bridgehead atoms. The number of allylic oxidation sites excluding steroid dienone is 2. The van der Waals surface area contributed by atoms with Crippen LogP contribution in [-0.4, -0.2) is 9.97 Å². The molecule has 142 valence electrons. The van der Waals surface area contributed by atoms with Gasteiger partial charge in [-0.15, -0.1) is 5.11 Å². The standard InChI is InChI=1S/C20H22N8/c1-15(25-23-13-19-9-5-7-11-21-19)17(3)27-28-18(4)16(2)26-24-14-20-10-6-8-12-22-20/h5-12H,1,3,13-14H2,2,4H3. The van der Waals surface area contributed by atoms with Crippen LogP contribution in [0.15, 0.2) is 115 Å². The summed E-state index contributed by atoms with van der Waals surface area (Å²) < 4.78 is 0. The van der Waals surface area contributed by atoms with E-state index in [1.165, 1.54) is 0 Å². The molecular weight excluding hydrogens is 352 g/mol. The van der Waals surface area contributed by atoms with Crippen LogP contribution >= 0.6 is 0 Å². The van der Waals surface area contributed by atoms with Crippen molar-refractivity contribution in [1.82, 2.24) is 9.97 Å². The summed E-state index contributed by atoms with van der Waals surface area (Å²) in [5, 5.41) is 24.4. The molecule has 2 rings (SSSR count). The maximum Gasteiger partial charge on any atom is 0.105 e. The molecule has 0 fully saturated rings. The van der Waals surface area contributed by atoms with E-state index in [9.17, 15) is 0 Å². The number of aromatic nitrogens is 2. The fourth-order valence-corrected chi connectivity index (χ4v) is 1.79. The highest BCUT2D eigenvalue weighted by Gasteiger charge is 1.99. The molecule has 0 aromatic carbocycles. The van der Waals surface area contributed by atoms with E-state index in [1.54, 1.807) is 26.2 Å². The lowest BCUT2D eigenvalue weighted by Gasteiger charge is -1.98. The molecule has 8 heteroatoms. The van der Waals surface area contributed by atoms with Gasteiger partial charge in [0.15, 0.2) is 0 Å². The molecular formula is C20H22N8. The fourth-order valence-electron chi connectivity index (χ4n) is 1.79. The van der Waals surface area contributed by atoms with Crippen LogP contribution in [0.3, 0.4) is 0 Å². The zero-order valence-electron chi connectivity index (χ0n) is 16.0. The van der Waals surface area contributed by atoms with Crippen molar-refractivity contribution in [3.05, 3.63) is 96.1 Å². The Morgan fingerprint density at radius 1 is 0.714 bits per heavy atom. The molecule has 0 radical (unpaired) electrons. The van der Waals surface area contributed by atoms with Crippen LogP contribution in [0.4, 0.5) is 0 Å². The summed E-state index contributed by atoms with van der Waals surface area (Å²) in [5.74, 6) is 0. The van der Waals surface area contributed by atoms with Crippen LogP contribution < -0.4 is 0 Å². The van der Waals surface area contributed by atoms with E-state index in [0.29, 0.717) is 35.9 Å². The summed E-state index contributed by atoms with van der Waals surface area (Å²) in [5.41, 5.74) is 3.58. The van der Waals surface area contributed by atoms with E-state index in [4.69, 9.17) is 0 Å². The first-order valence-corrected chi connectivity index (χ1v) is 8.58. The summed E-state index contributed by atoms with van der Waals surface area (Å²) in [6, 6.07) is 11.3. The van der Waals surface area contributed by atoms with E-state index in [1.807, 2.05) is 36.4 Å². The summed E-state index contributed by atoms with van der Waals surface area (Å²) in [6.45, 7) is 12.0. The van der Waals surface area contributed by atoms with Crippen LogP contribution in [0.2, 0.25) is 0 Å². The zero-order chi connectivity index (χ0) is 20.2. The summed E-state index contributed by atoms with van der Waals surface area (Å²) in [6.07, 6.45) is 3.43. The van der Waals surface area contributed by atoms with Crippen molar-refractivity contribution < 1.29 is 0 Å². The minimum Gasteiger partial charge on any atom is -0.259 e. The van der Waals surface area contributed by atoms with E-state index < -0.39 is 0 Å². The maximum absolute atomic E-state index is 4.19. The molecule has 2 aromatic heterocycles. The van der Waals surface area contributed by atoms with E-state index in [-0.39, 0.29) is 0 Å². The van der Waals surface area contributed by atoms with E-state index >= 15 is 0 Å². The van der Waals surface area contributed by atoms with Crippen molar-refractivity contribution in [2.24, 2.45) is 30.7 Å². The van der Waals surface area contributed by atoms with E-state index in [2.05, 4.69) is 53.8 Å². The highest BCUT2D eigenvalue weighted by molar-refractivity contribution is 5.21. The maximum atomic E-state index is 4.19. The summed E-state index contributed by atoms with van der Waals surface area (Å²) in [4.78, 5) is 8.35. The molecule has 2 heterocycles. The number of azo groups is 3. The van der Waals surface area contributed by atoms with Crippen LogP contribution in [0.5, 0.6) is 0 Å². The van der Waals surface area contributed by atoms with Gasteiger partial charge in [-0.05, 0) is 38.1 Å². The molecule has 0 aliphatic carbocycles. The smallest absolute Gasteiger partial charge is 0.105 e. The molecule has 0 atom stereocenters. The van der Waals surface area contributed by atoms with Gasteiger partial charge in [0.25, 0.3) is 0 Å². The number of hydrogen-bond acceptors (Lipinski definition) is 8. The first-order valence-electron chi connectivity index (χ1n) is 8.58. The van der Waals surface area contributed by atoms with Crippen LogP contribution in [-0.2, 0) is 13.1 Å². The van der Waals surface area contributed by atoms with Gasteiger partial charge >= 0.3 is 0 Å². The summed E-state index contributed by atoms with van der Waals surface area (Å²) in [7, 11) is 0. The second kappa shape index (κ2) is 11.1. The van der Waals surface area contributed by atoms with Gasteiger partial charge < -0.3 is 0 Å². The largest absolute Gasteiger partial charge is 0.259 e. The Balaban J connectivity index is 1.86. The minimum absolute atomic E-state index is 0.322. The highest BCUT2D eigenvalue weighted by atomic mass is 15.2. The first-order chi connectivity index (χ1) is 13.6. The first kappa shape index (κ1) is 20.6. The third-order valence-electron chi connectivity index (χ3n) is 3.51. The predicted octanol–water partition coefficient (Wildman–Crippen LogP) is 5.81. The van der Waals surface area contributed by atoms with Gasteiger partial charge in [-0.25, -0.2) is 0 Å². The van der Waals surface area contributed by atoms with Gasteiger partial charge in [-0.3, -0.25) is 9.97 Å². The van der Waals surface area contributed by atoms with Crippen LogP contribution in [0.25, 0.3) is 0 Å². The number of nitrogens with zero attached hydrogens (tertiary/aromatic N) is 8. The van der Waals surface area contributed by atoms with Gasteiger partial charge in [-0.1, -0.05) is 25.3 Å². The van der Waals surface area contributed by atoms with Crippen molar-refractivity contribution in [3.8, 4) is 0 Å². The van der Waals surface area contributed by atoms with Crippen LogP contribution in [0, 0.1) is 0 Å². The van der Waals surface area contributed by atoms with Gasteiger partial charge in [0.2, 0.25) is 0 Å². The lowest BCUT2D eigenvalue weighted by Crippen LogP contribution is -1.85. The molecule has 28 heavy (non-hydrogen) atoms. The lowest BCUT2D eigenvalue weighted by atomic mass is 10.3. The molecule has 0 N–H and O–H groups in total. The van der Waals surface area contributed by atoms with Crippen molar-refractivity contribution in [2.45, 2.75) is 26.9 Å². The molecule has 0 aliphatic rings. The van der Waals surface area contributed by atoms with E-state index in [0.717, 1.165) is 11.4 Å². The second-order valence-corrected chi connectivity index (χ2v) is 5.71. The quantitative estimate of drug-likeness (QED) is 0.408.